The molecule has 0 aliphatic heterocycles. The average molecular weight is 256 g/mol. The quantitative estimate of drug-likeness (QED) is 0.543. The summed E-state index contributed by atoms with van der Waals surface area (Å²) in [5.41, 5.74) is 3.03. The summed E-state index contributed by atoms with van der Waals surface area (Å²) in [5, 5.41) is 0. The Morgan fingerprint density at radius 1 is 1.44 bits per heavy atom. The van der Waals surface area contributed by atoms with Gasteiger partial charge in [0.25, 0.3) is 0 Å². The molecule has 0 saturated heterocycles. The van der Waals surface area contributed by atoms with E-state index in [1.807, 2.05) is 0 Å². The van der Waals surface area contributed by atoms with Crippen LogP contribution in [-0.2, 0) is 4.74 Å². The van der Waals surface area contributed by atoms with E-state index in [1.165, 1.54) is 25.7 Å². The Morgan fingerprint density at radius 3 is 2.67 bits per heavy atom. The second kappa shape index (κ2) is 7.46. The molecule has 3 N–H and O–H groups in total. The van der Waals surface area contributed by atoms with Gasteiger partial charge in [-0.25, -0.2) is 0 Å². The molecule has 18 heavy (non-hydrogen) atoms. The van der Waals surface area contributed by atoms with Crippen LogP contribution < -0.4 is 11.3 Å². The van der Waals surface area contributed by atoms with Gasteiger partial charge < -0.3 is 4.74 Å². The van der Waals surface area contributed by atoms with Crippen molar-refractivity contribution in [2.24, 2.45) is 17.7 Å². The monoisotopic (exact) mass is 256 g/mol. The number of nitrogens with one attached hydrogen (secondary N) is 1. The van der Waals surface area contributed by atoms with E-state index in [0.29, 0.717) is 5.92 Å². The Kier molecular flexibility index (Phi) is 6.61. The molecule has 0 spiro atoms. The summed E-state index contributed by atoms with van der Waals surface area (Å²) in [7, 11) is 0. The van der Waals surface area contributed by atoms with E-state index >= 15 is 0 Å². The van der Waals surface area contributed by atoms with Gasteiger partial charge in [0.1, 0.15) is 0 Å². The predicted molar refractivity (Wildman–Crippen MR) is 77.2 cm³/mol. The van der Waals surface area contributed by atoms with Crippen LogP contribution in [0.3, 0.4) is 0 Å². The van der Waals surface area contributed by atoms with Crippen molar-refractivity contribution in [3.63, 3.8) is 0 Å². The summed E-state index contributed by atoms with van der Waals surface area (Å²) in [6.07, 6.45) is 7.29. The first kappa shape index (κ1) is 15.9. The van der Waals surface area contributed by atoms with Crippen molar-refractivity contribution in [1.29, 1.82) is 0 Å². The molecule has 0 heterocycles. The van der Waals surface area contributed by atoms with Crippen LogP contribution >= 0.6 is 0 Å². The molecule has 0 aromatic rings. The van der Waals surface area contributed by atoms with Crippen molar-refractivity contribution >= 4 is 0 Å². The summed E-state index contributed by atoms with van der Waals surface area (Å²) in [4.78, 5) is 0. The molecule has 0 aromatic heterocycles. The highest BCUT2D eigenvalue weighted by Crippen LogP contribution is 2.40. The van der Waals surface area contributed by atoms with E-state index in [0.717, 1.165) is 25.4 Å². The SMILES string of the molecule is CCCC(C)C(NN)C1(OCC)CCCC(C)C1. The van der Waals surface area contributed by atoms with Crippen LogP contribution in [0.2, 0.25) is 0 Å². The number of hydrogen-bond donors (Lipinski definition) is 2. The molecule has 4 unspecified atom stereocenters. The summed E-state index contributed by atoms with van der Waals surface area (Å²) in [6.45, 7) is 9.75. The highest BCUT2D eigenvalue weighted by Gasteiger charge is 2.44. The largest absolute Gasteiger partial charge is 0.374 e. The number of ether oxygens (including phenoxy) is 1. The molecule has 3 nitrogen and oxygen atoms in total. The molecule has 1 fully saturated rings. The smallest absolute Gasteiger partial charge is 0.0853 e. The third-order valence-corrected chi connectivity index (χ3v) is 4.48. The van der Waals surface area contributed by atoms with Gasteiger partial charge in [-0.05, 0) is 38.0 Å². The second-order valence-electron chi connectivity index (χ2n) is 6.11. The predicted octanol–water partition coefficient (Wildman–Crippen LogP) is 3.24. The van der Waals surface area contributed by atoms with E-state index in [9.17, 15) is 0 Å². The molecule has 0 bridgehead atoms. The lowest BCUT2D eigenvalue weighted by Gasteiger charge is -2.47. The molecule has 3 heteroatoms. The van der Waals surface area contributed by atoms with Crippen LogP contribution in [0.15, 0.2) is 0 Å². The number of hydrogen-bond acceptors (Lipinski definition) is 3. The molecule has 0 radical (unpaired) electrons. The van der Waals surface area contributed by atoms with E-state index < -0.39 is 0 Å². The maximum Gasteiger partial charge on any atom is 0.0853 e. The van der Waals surface area contributed by atoms with Crippen LogP contribution in [0.5, 0.6) is 0 Å². The van der Waals surface area contributed by atoms with Gasteiger partial charge in [-0.2, -0.15) is 0 Å². The highest BCUT2D eigenvalue weighted by atomic mass is 16.5. The highest BCUT2D eigenvalue weighted by molar-refractivity contribution is 4.98. The van der Waals surface area contributed by atoms with Gasteiger partial charge in [-0.15, -0.1) is 0 Å². The lowest BCUT2D eigenvalue weighted by atomic mass is 9.71. The van der Waals surface area contributed by atoms with Crippen LogP contribution in [-0.4, -0.2) is 18.2 Å². The first-order valence-electron chi connectivity index (χ1n) is 7.69. The molecular weight excluding hydrogens is 224 g/mol. The van der Waals surface area contributed by atoms with Crippen molar-refractivity contribution in [1.82, 2.24) is 5.43 Å². The maximum atomic E-state index is 6.22. The molecule has 4 atom stereocenters. The fourth-order valence-electron chi connectivity index (χ4n) is 3.79. The normalized spacial score (nSPS) is 32.2. The van der Waals surface area contributed by atoms with E-state index in [2.05, 4.69) is 33.1 Å². The Bertz CT molecular complexity index is 231. The van der Waals surface area contributed by atoms with Crippen molar-refractivity contribution in [2.75, 3.05) is 6.61 Å². The third kappa shape index (κ3) is 3.69. The lowest BCUT2D eigenvalue weighted by molar-refractivity contribution is -0.111. The zero-order chi connectivity index (χ0) is 13.6. The van der Waals surface area contributed by atoms with Gasteiger partial charge in [-0.3, -0.25) is 11.3 Å². The van der Waals surface area contributed by atoms with Crippen molar-refractivity contribution in [3.05, 3.63) is 0 Å². The van der Waals surface area contributed by atoms with Gasteiger partial charge in [0, 0.05) is 6.61 Å². The first-order valence-corrected chi connectivity index (χ1v) is 7.69. The van der Waals surface area contributed by atoms with Gasteiger partial charge in [0.15, 0.2) is 0 Å². The van der Waals surface area contributed by atoms with Gasteiger partial charge in [0.05, 0.1) is 11.6 Å². The summed E-state index contributed by atoms with van der Waals surface area (Å²) >= 11 is 0. The van der Waals surface area contributed by atoms with Gasteiger partial charge in [0.2, 0.25) is 0 Å². The second-order valence-corrected chi connectivity index (χ2v) is 6.11. The molecule has 1 aliphatic carbocycles. The minimum atomic E-state index is -0.0459. The van der Waals surface area contributed by atoms with E-state index in [1.54, 1.807) is 0 Å². The van der Waals surface area contributed by atoms with E-state index in [-0.39, 0.29) is 11.6 Å². The molecule has 1 saturated carbocycles. The van der Waals surface area contributed by atoms with Crippen LogP contribution in [0.4, 0.5) is 0 Å². The van der Waals surface area contributed by atoms with Crippen LogP contribution in [0.1, 0.15) is 66.2 Å². The fraction of sp³-hybridized carbons (Fsp3) is 1.00. The lowest BCUT2D eigenvalue weighted by Crippen LogP contribution is -2.59. The summed E-state index contributed by atoms with van der Waals surface area (Å²) < 4.78 is 6.22. The maximum absolute atomic E-state index is 6.22. The van der Waals surface area contributed by atoms with E-state index in [4.69, 9.17) is 10.6 Å². The molecule has 1 aliphatic rings. The Morgan fingerprint density at radius 2 is 2.17 bits per heavy atom. The zero-order valence-electron chi connectivity index (χ0n) is 12.7. The molecule has 108 valence electrons. The minimum absolute atomic E-state index is 0.0459. The van der Waals surface area contributed by atoms with Crippen molar-refractivity contribution in [3.8, 4) is 0 Å². The zero-order valence-corrected chi connectivity index (χ0v) is 12.7. The minimum Gasteiger partial charge on any atom is -0.374 e. The Balaban J connectivity index is 2.85. The first-order chi connectivity index (χ1) is 8.59. The van der Waals surface area contributed by atoms with Crippen molar-refractivity contribution in [2.45, 2.75) is 77.9 Å². The standard InChI is InChI=1S/C15H32N2O/c1-5-8-13(4)14(17-16)15(18-6-2)10-7-9-12(3)11-15/h12-14,17H,5-11,16H2,1-4H3. The Labute approximate surface area is 113 Å². The van der Waals surface area contributed by atoms with Crippen LogP contribution in [0.25, 0.3) is 0 Å². The molecule has 0 aromatic carbocycles. The number of hydrazine groups is 1. The fourth-order valence-corrected chi connectivity index (χ4v) is 3.79. The third-order valence-electron chi connectivity index (χ3n) is 4.48. The average Bonchev–Trinajstić information content (AvgIpc) is 2.30. The van der Waals surface area contributed by atoms with Gasteiger partial charge >= 0.3 is 0 Å². The topological polar surface area (TPSA) is 47.3 Å². The van der Waals surface area contributed by atoms with Crippen molar-refractivity contribution < 1.29 is 4.74 Å². The molecular formula is C15H32N2O. The summed E-state index contributed by atoms with van der Waals surface area (Å²) in [5.74, 6) is 7.18. The summed E-state index contributed by atoms with van der Waals surface area (Å²) in [6, 6.07) is 0.278. The molecule has 1 rings (SSSR count). The van der Waals surface area contributed by atoms with Gasteiger partial charge in [-0.1, -0.05) is 40.0 Å². The van der Waals surface area contributed by atoms with Crippen LogP contribution in [0, 0.1) is 11.8 Å². The Hall–Kier alpha value is -0.120. The number of nitrogens with two attached hydrogens (primary N) is 1. The number of rotatable bonds is 7. The molecule has 0 amide bonds.